The third-order valence-electron chi connectivity index (χ3n) is 8.38. The van der Waals surface area contributed by atoms with Gasteiger partial charge in [0.15, 0.2) is 0 Å². The number of hydrogen-bond donors (Lipinski definition) is 1. The SMILES string of the molecule is Cc1nccn1CC(C)CNC(=O)N1CCN(C(=O)C23CC4CC(CC(C4)C2)C3)CC1. The highest BCUT2D eigenvalue weighted by atomic mass is 16.2. The normalized spacial score (nSPS) is 32.9. The molecule has 4 aliphatic carbocycles. The van der Waals surface area contributed by atoms with Crippen molar-refractivity contribution in [1.82, 2.24) is 24.7 Å². The van der Waals surface area contributed by atoms with Gasteiger partial charge >= 0.3 is 6.03 Å². The molecule has 6 rings (SSSR count). The van der Waals surface area contributed by atoms with Gasteiger partial charge in [0.1, 0.15) is 5.82 Å². The number of nitrogens with zero attached hydrogens (tertiary/aromatic N) is 4. The van der Waals surface area contributed by atoms with Gasteiger partial charge in [-0.05, 0) is 69.1 Å². The summed E-state index contributed by atoms with van der Waals surface area (Å²) in [5.41, 5.74) is -0.0694. The van der Waals surface area contributed by atoms with Crippen LogP contribution in [0, 0.1) is 36.0 Å². The van der Waals surface area contributed by atoms with Crippen molar-refractivity contribution in [2.24, 2.45) is 29.1 Å². The van der Waals surface area contributed by atoms with Crippen molar-refractivity contribution in [2.45, 2.75) is 58.9 Å². The first-order valence-corrected chi connectivity index (χ1v) is 12.2. The summed E-state index contributed by atoms with van der Waals surface area (Å²) in [6, 6.07) is -0.00361. The van der Waals surface area contributed by atoms with E-state index in [0.717, 1.165) is 49.4 Å². The Morgan fingerprint density at radius 2 is 1.65 bits per heavy atom. The van der Waals surface area contributed by atoms with E-state index in [9.17, 15) is 9.59 Å². The topological polar surface area (TPSA) is 70.5 Å². The van der Waals surface area contributed by atoms with Gasteiger partial charge < -0.3 is 19.7 Å². The second-order valence-corrected chi connectivity index (χ2v) is 10.9. The Labute approximate surface area is 185 Å². The van der Waals surface area contributed by atoms with Crippen LogP contribution in [0.4, 0.5) is 4.79 Å². The van der Waals surface area contributed by atoms with Crippen LogP contribution < -0.4 is 5.32 Å². The Balaban J connectivity index is 1.09. The third kappa shape index (κ3) is 4.08. The van der Waals surface area contributed by atoms with Crippen LogP contribution >= 0.6 is 0 Å². The van der Waals surface area contributed by atoms with Gasteiger partial charge in [0.05, 0.1) is 5.41 Å². The van der Waals surface area contributed by atoms with Crippen LogP contribution in [-0.4, -0.2) is 64.0 Å². The summed E-state index contributed by atoms with van der Waals surface area (Å²) >= 11 is 0. The molecule has 3 amide bonds. The molecule has 4 bridgehead atoms. The second kappa shape index (κ2) is 8.14. The molecule has 5 fully saturated rings. The molecule has 170 valence electrons. The van der Waals surface area contributed by atoms with E-state index in [1.807, 2.05) is 24.2 Å². The lowest BCUT2D eigenvalue weighted by Gasteiger charge is -2.57. The fraction of sp³-hybridized carbons (Fsp3) is 0.792. The predicted octanol–water partition coefficient (Wildman–Crippen LogP) is 2.90. The first kappa shape index (κ1) is 20.8. The molecule has 1 unspecified atom stereocenters. The summed E-state index contributed by atoms with van der Waals surface area (Å²) in [7, 11) is 0. The number of piperazine rings is 1. The number of rotatable bonds is 5. The maximum Gasteiger partial charge on any atom is 0.317 e. The summed E-state index contributed by atoms with van der Waals surface area (Å²) in [6.07, 6.45) is 11.2. The van der Waals surface area contributed by atoms with Gasteiger partial charge in [0.25, 0.3) is 0 Å². The molecule has 0 aromatic carbocycles. The summed E-state index contributed by atoms with van der Waals surface area (Å²) in [4.78, 5) is 34.4. The number of carbonyl (C=O) groups excluding carboxylic acids is 2. The Morgan fingerprint density at radius 1 is 1.06 bits per heavy atom. The zero-order valence-corrected chi connectivity index (χ0v) is 19.1. The minimum absolute atomic E-state index is 0.00361. The quantitative estimate of drug-likeness (QED) is 0.786. The molecular formula is C24H37N5O2. The number of nitrogens with one attached hydrogen (secondary N) is 1. The van der Waals surface area contributed by atoms with E-state index in [0.29, 0.717) is 44.5 Å². The van der Waals surface area contributed by atoms with Crippen molar-refractivity contribution in [1.29, 1.82) is 0 Å². The molecule has 1 aliphatic heterocycles. The molecule has 7 heteroatoms. The molecule has 5 aliphatic rings. The molecule has 1 aromatic heterocycles. The fourth-order valence-corrected chi connectivity index (χ4v) is 7.19. The van der Waals surface area contributed by atoms with Crippen molar-refractivity contribution >= 4 is 11.9 Å². The lowest BCUT2D eigenvalue weighted by molar-refractivity contribution is -0.159. The summed E-state index contributed by atoms with van der Waals surface area (Å²) in [5, 5.41) is 3.09. The molecule has 4 saturated carbocycles. The number of urea groups is 1. The Hall–Kier alpha value is -2.05. The molecule has 1 atom stereocenters. The van der Waals surface area contributed by atoms with E-state index >= 15 is 0 Å². The van der Waals surface area contributed by atoms with Gasteiger partial charge in [0, 0.05) is 51.7 Å². The zero-order valence-electron chi connectivity index (χ0n) is 19.1. The number of aryl methyl sites for hydroxylation is 1. The number of aromatic nitrogens is 2. The number of hydrogen-bond acceptors (Lipinski definition) is 3. The van der Waals surface area contributed by atoms with Crippen LogP contribution in [0.15, 0.2) is 12.4 Å². The maximum absolute atomic E-state index is 13.5. The fourth-order valence-electron chi connectivity index (χ4n) is 7.19. The summed E-state index contributed by atoms with van der Waals surface area (Å²) in [5.74, 6) is 4.09. The smallest absolute Gasteiger partial charge is 0.317 e. The van der Waals surface area contributed by atoms with Crippen LogP contribution in [0.3, 0.4) is 0 Å². The molecule has 1 N–H and O–H groups in total. The largest absolute Gasteiger partial charge is 0.339 e. The minimum atomic E-state index is -0.0694. The molecular weight excluding hydrogens is 390 g/mol. The molecule has 31 heavy (non-hydrogen) atoms. The Morgan fingerprint density at radius 3 is 2.19 bits per heavy atom. The van der Waals surface area contributed by atoms with E-state index in [2.05, 4.69) is 26.7 Å². The van der Waals surface area contributed by atoms with Gasteiger partial charge in [-0.3, -0.25) is 4.79 Å². The Kier molecular flexibility index (Phi) is 5.47. The summed E-state index contributed by atoms with van der Waals surface area (Å²) in [6.45, 7) is 8.26. The molecule has 7 nitrogen and oxygen atoms in total. The van der Waals surface area contributed by atoms with E-state index in [4.69, 9.17) is 0 Å². The predicted molar refractivity (Wildman–Crippen MR) is 118 cm³/mol. The van der Waals surface area contributed by atoms with Crippen LogP contribution in [-0.2, 0) is 11.3 Å². The van der Waals surface area contributed by atoms with Crippen LogP contribution in [0.25, 0.3) is 0 Å². The van der Waals surface area contributed by atoms with Gasteiger partial charge in [-0.25, -0.2) is 9.78 Å². The van der Waals surface area contributed by atoms with E-state index in [1.165, 1.54) is 19.3 Å². The van der Waals surface area contributed by atoms with Crippen LogP contribution in [0.5, 0.6) is 0 Å². The average molecular weight is 428 g/mol. The van der Waals surface area contributed by atoms with E-state index in [1.54, 1.807) is 0 Å². The third-order valence-corrected chi connectivity index (χ3v) is 8.38. The van der Waals surface area contributed by atoms with Crippen molar-refractivity contribution in [3.05, 3.63) is 18.2 Å². The van der Waals surface area contributed by atoms with Gasteiger partial charge in [-0.2, -0.15) is 0 Å². The molecule has 1 saturated heterocycles. The number of imidazole rings is 1. The van der Waals surface area contributed by atoms with Gasteiger partial charge in [-0.15, -0.1) is 0 Å². The van der Waals surface area contributed by atoms with Gasteiger partial charge in [0.2, 0.25) is 5.91 Å². The number of amides is 3. The van der Waals surface area contributed by atoms with Crippen molar-refractivity contribution < 1.29 is 9.59 Å². The lowest BCUT2D eigenvalue weighted by atomic mass is 9.49. The number of carbonyl (C=O) groups is 2. The molecule has 0 radical (unpaired) electrons. The first-order chi connectivity index (χ1) is 14.9. The molecule has 1 aromatic rings. The highest BCUT2D eigenvalue weighted by molar-refractivity contribution is 5.84. The van der Waals surface area contributed by atoms with E-state index in [-0.39, 0.29) is 11.4 Å². The van der Waals surface area contributed by atoms with Crippen molar-refractivity contribution in [3.8, 4) is 0 Å². The minimum Gasteiger partial charge on any atom is -0.339 e. The van der Waals surface area contributed by atoms with E-state index < -0.39 is 0 Å². The zero-order chi connectivity index (χ0) is 21.6. The van der Waals surface area contributed by atoms with Crippen molar-refractivity contribution in [3.63, 3.8) is 0 Å². The second-order valence-electron chi connectivity index (χ2n) is 10.9. The standard InChI is InChI=1S/C24H37N5O2/c1-17(16-29-4-3-25-18(29)2)15-26-23(31)28-7-5-27(6-8-28)22(30)24-12-19-9-20(13-24)11-21(10-19)14-24/h3-4,17,19-21H,5-16H2,1-2H3,(H,26,31). The highest BCUT2D eigenvalue weighted by Gasteiger charge is 2.55. The maximum atomic E-state index is 13.5. The Bertz CT molecular complexity index is 790. The molecule has 2 heterocycles. The highest BCUT2D eigenvalue weighted by Crippen LogP contribution is 2.60. The van der Waals surface area contributed by atoms with Crippen LogP contribution in [0.2, 0.25) is 0 Å². The first-order valence-electron chi connectivity index (χ1n) is 12.2. The van der Waals surface area contributed by atoms with Crippen LogP contribution in [0.1, 0.15) is 51.3 Å². The monoisotopic (exact) mass is 427 g/mol. The van der Waals surface area contributed by atoms with Crippen molar-refractivity contribution in [2.75, 3.05) is 32.7 Å². The lowest BCUT2D eigenvalue weighted by Crippen LogP contribution is -2.59. The summed E-state index contributed by atoms with van der Waals surface area (Å²) < 4.78 is 2.12. The average Bonchev–Trinajstić information content (AvgIpc) is 3.15. The van der Waals surface area contributed by atoms with Gasteiger partial charge in [-0.1, -0.05) is 6.92 Å². The molecule has 0 spiro atoms.